The SMILES string of the molecule is CCCCCCC(=O)N(CCCC)C(CC)c1nc2ccccc2c(=O)n1-c1cccc(Cl)c1. The molecule has 0 saturated heterocycles. The molecule has 34 heavy (non-hydrogen) atoms. The number of para-hydroxylation sites is 1. The Hall–Kier alpha value is -2.66. The van der Waals surface area contributed by atoms with E-state index in [1.807, 2.05) is 35.2 Å². The molecule has 0 N–H and O–H groups in total. The highest BCUT2D eigenvalue weighted by Crippen LogP contribution is 2.28. The first-order valence-corrected chi connectivity index (χ1v) is 13.0. The summed E-state index contributed by atoms with van der Waals surface area (Å²) in [6.07, 6.45) is 7.30. The van der Waals surface area contributed by atoms with Crippen molar-refractivity contribution in [3.63, 3.8) is 0 Å². The fourth-order valence-corrected chi connectivity index (χ4v) is 4.59. The third-order valence-corrected chi connectivity index (χ3v) is 6.48. The predicted octanol–water partition coefficient (Wildman–Crippen LogP) is 7.09. The van der Waals surface area contributed by atoms with Crippen LogP contribution in [0.15, 0.2) is 53.3 Å². The van der Waals surface area contributed by atoms with Gasteiger partial charge in [-0.25, -0.2) is 4.98 Å². The van der Waals surface area contributed by atoms with Crippen molar-refractivity contribution < 1.29 is 4.79 Å². The highest BCUT2D eigenvalue weighted by molar-refractivity contribution is 6.30. The van der Waals surface area contributed by atoms with Gasteiger partial charge in [-0.1, -0.05) is 76.3 Å². The second kappa shape index (κ2) is 12.7. The number of hydrogen-bond donors (Lipinski definition) is 0. The van der Waals surface area contributed by atoms with Gasteiger partial charge in [0.2, 0.25) is 5.91 Å². The zero-order valence-corrected chi connectivity index (χ0v) is 21.4. The van der Waals surface area contributed by atoms with Crippen molar-refractivity contribution in [2.24, 2.45) is 0 Å². The molecule has 0 radical (unpaired) electrons. The third kappa shape index (κ3) is 6.06. The van der Waals surface area contributed by atoms with Crippen LogP contribution < -0.4 is 5.56 Å². The Morgan fingerprint density at radius 3 is 2.47 bits per heavy atom. The lowest BCUT2D eigenvalue weighted by atomic mass is 10.1. The maximum atomic E-state index is 13.7. The molecule has 1 amide bonds. The number of carbonyl (C=O) groups excluding carboxylic acids is 1. The molecule has 0 aliphatic carbocycles. The van der Waals surface area contributed by atoms with Crippen LogP contribution >= 0.6 is 11.6 Å². The Labute approximate surface area is 207 Å². The number of nitrogens with zero attached hydrogens (tertiary/aromatic N) is 3. The second-order valence-corrected chi connectivity index (χ2v) is 9.22. The van der Waals surface area contributed by atoms with Crippen LogP contribution in [0.5, 0.6) is 0 Å². The van der Waals surface area contributed by atoms with Gasteiger partial charge < -0.3 is 4.90 Å². The zero-order valence-electron chi connectivity index (χ0n) is 20.6. The van der Waals surface area contributed by atoms with Crippen LogP contribution in [0.1, 0.15) is 84.0 Å². The first-order chi connectivity index (χ1) is 16.5. The van der Waals surface area contributed by atoms with E-state index in [1.165, 1.54) is 0 Å². The number of hydrogen-bond acceptors (Lipinski definition) is 3. The Balaban J connectivity index is 2.14. The normalized spacial score (nSPS) is 12.1. The Bertz CT molecular complexity index is 1160. The van der Waals surface area contributed by atoms with E-state index in [0.29, 0.717) is 46.8 Å². The number of halogens is 1. The highest BCUT2D eigenvalue weighted by atomic mass is 35.5. The molecule has 1 atom stereocenters. The highest BCUT2D eigenvalue weighted by Gasteiger charge is 2.28. The molecular formula is C28H36ClN3O2. The smallest absolute Gasteiger partial charge is 0.266 e. The molecule has 0 saturated carbocycles. The third-order valence-electron chi connectivity index (χ3n) is 6.25. The molecule has 0 aliphatic rings. The molecule has 0 spiro atoms. The second-order valence-electron chi connectivity index (χ2n) is 8.78. The van der Waals surface area contributed by atoms with Gasteiger partial charge >= 0.3 is 0 Å². The number of aromatic nitrogens is 2. The molecule has 0 fully saturated rings. The van der Waals surface area contributed by atoms with E-state index in [-0.39, 0.29) is 17.5 Å². The number of amides is 1. The maximum Gasteiger partial charge on any atom is 0.266 e. The van der Waals surface area contributed by atoms with Gasteiger partial charge in [-0.2, -0.15) is 0 Å². The predicted molar refractivity (Wildman–Crippen MR) is 141 cm³/mol. The van der Waals surface area contributed by atoms with Gasteiger partial charge in [0.05, 0.1) is 22.6 Å². The van der Waals surface area contributed by atoms with E-state index in [1.54, 1.807) is 22.8 Å². The van der Waals surface area contributed by atoms with Crippen molar-refractivity contribution in [2.45, 2.75) is 78.2 Å². The fourth-order valence-electron chi connectivity index (χ4n) is 4.41. The summed E-state index contributed by atoms with van der Waals surface area (Å²) in [6, 6.07) is 14.3. The largest absolute Gasteiger partial charge is 0.333 e. The number of rotatable bonds is 12. The Morgan fingerprint density at radius 2 is 1.76 bits per heavy atom. The first-order valence-electron chi connectivity index (χ1n) is 12.6. The molecule has 3 aromatic rings. The minimum Gasteiger partial charge on any atom is -0.333 e. The maximum absolute atomic E-state index is 13.7. The number of unbranched alkanes of at least 4 members (excludes halogenated alkanes) is 4. The minimum absolute atomic E-state index is 0.136. The molecule has 3 rings (SSSR count). The first kappa shape index (κ1) is 26.0. The van der Waals surface area contributed by atoms with Gasteiger partial charge in [0.1, 0.15) is 5.82 Å². The summed E-state index contributed by atoms with van der Waals surface area (Å²) < 4.78 is 1.64. The average Bonchev–Trinajstić information content (AvgIpc) is 2.84. The van der Waals surface area contributed by atoms with E-state index >= 15 is 0 Å². The summed E-state index contributed by atoms with van der Waals surface area (Å²) >= 11 is 6.30. The molecule has 0 bridgehead atoms. The van der Waals surface area contributed by atoms with E-state index < -0.39 is 0 Å². The van der Waals surface area contributed by atoms with Crippen molar-refractivity contribution in [1.82, 2.24) is 14.5 Å². The Morgan fingerprint density at radius 1 is 1.00 bits per heavy atom. The lowest BCUT2D eigenvalue weighted by Crippen LogP contribution is -2.39. The van der Waals surface area contributed by atoms with Crippen molar-refractivity contribution in [1.29, 1.82) is 0 Å². The number of benzene rings is 2. The minimum atomic E-state index is -0.304. The van der Waals surface area contributed by atoms with Gasteiger partial charge in [-0.15, -0.1) is 0 Å². The van der Waals surface area contributed by atoms with Crippen molar-refractivity contribution in [3.05, 3.63) is 69.7 Å². The van der Waals surface area contributed by atoms with E-state index in [0.717, 1.165) is 38.5 Å². The molecule has 6 heteroatoms. The van der Waals surface area contributed by atoms with Crippen LogP contribution in [0.25, 0.3) is 16.6 Å². The number of carbonyl (C=O) groups is 1. The molecule has 1 aromatic heterocycles. The lowest BCUT2D eigenvalue weighted by Gasteiger charge is -2.32. The van der Waals surface area contributed by atoms with Gasteiger partial charge in [-0.3, -0.25) is 14.2 Å². The van der Waals surface area contributed by atoms with Gasteiger partial charge in [0.15, 0.2) is 0 Å². The van der Waals surface area contributed by atoms with Crippen molar-refractivity contribution in [3.8, 4) is 5.69 Å². The van der Waals surface area contributed by atoms with Crippen molar-refractivity contribution >= 4 is 28.4 Å². The molecule has 182 valence electrons. The molecule has 5 nitrogen and oxygen atoms in total. The van der Waals surface area contributed by atoms with Gasteiger partial charge in [0.25, 0.3) is 5.56 Å². The fraction of sp³-hybridized carbons (Fsp3) is 0.464. The molecular weight excluding hydrogens is 446 g/mol. The van der Waals surface area contributed by atoms with Crippen LogP contribution in [-0.2, 0) is 4.79 Å². The monoisotopic (exact) mass is 481 g/mol. The standard InChI is InChI=1S/C28H36ClN3O2/c1-4-7-9-10-18-26(33)31(19-8-5-2)25(6-3)27-30-24-17-12-11-16-23(24)28(34)32(27)22-15-13-14-21(29)20-22/h11-17,20,25H,4-10,18-19H2,1-3H3. The summed E-state index contributed by atoms with van der Waals surface area (Å²) in [5.41, 5.74) is 1.16. The average molecular weight is 482 g/mol. The summed E-state index contributed by atoms with van der Waals surface area (Å²) in [7, 11) is 0. The summed E-state index contributed by atoms with van der Waals surface area (Å²) in [5.74, 6) is 0.725. The van der Waals surface area contributed by atoms with Crippen LogP contribution in [0.2, 0.25) is 5.02 Å². The molecule has 0 aliphatic heterocycles. The van der Waals surface area contributed by atoms with Crippen LogP contribution in [0, 0.1) is 0 Å². The molecule has 1 unspecified atom stereocenters. The summed E-state index contributed by atoms with van der Waals surface area (Å²) in [6.45, 7) is 7.00. The van der Waals surface area contributed by atoms with Crippen LogP contribution in [0.3, 0.4) is 0 Å². The summed E-state index contributed by atoms with van der Waals surface area (Å²) in [5, 5.41) is 1.10. The summed E-state index contributed by atoms with van der Waals surface area (Å²) in [4.78, 5) is 34.0. The Kier molecular flexibility index (Phi) is 9.70. The van der Waals surface area contributed by atoms with Crippen LogP contribution in [0.4, 0.5) is 0 Å². The van der Waals surface area contributed by atoms with E-state index in [9.17, 15) is 9.59 Å². The zero-order chi connectivity index (χ0) is 24.5. The van der Waals surface area contributed by atoms with E-state index in [4.69, 9.17) is 16.6 Å². The topological polar surface area (TPSA) is 55.2 Å². The van der Waals surface area contributed by atoms with Gasteiger partial charge in [0, 0.05) is 18.0 Å². The quantitative estimate of drug-likeness (QED) is 0.259. The lowest BCUT2D eigenvalue weighted by molar-refractivity contribution is -0.134. The van der Waals surface area contributed by atoms with Crippen LogP contribution in [-0.4, -0.2) is 26.9 Å². The van der Waals surface area contributed by atoms with E-state index in [2.05, 4.69) is 20.8 Å². The number of fused-ring (bicyclic) bond motifs is 1. The van der Waals surface area contributed by atoms with Gasteiger partial charge in [-0.05, 0) is 49.6 Å². The molecule has 1 heterocycles. The molecule has 2 aromatic carbocycles. The van der Waals surface area contributed by atoms with Crippen molar-refractivity contribution in [2.75, 3.05) is 6.54 Å².